The average molecular weight is 773 g/mol. The second kappa shape index (κ2) is 14.8. The summed E-state index contributed by atoms with van der Waals surface area (Å²) in [5, 5.41) is 5.26. The van der Waals surface area contributed by atoms with E-state index in [2.05, 4.69) is 20.1 Å². The Bertz CT molecular complexity index is 2590. The van der Waals surface area contributed by atoms with Gasteiger partial charge in [-0.2, -0.15) is 0 Å². The molecule has 0 unspecified atom stereocenters. The van der Waals surface area contributed by atoms with Crippen LogP contribution in [0.2, 0.25) is 0 Å². The van der Waals surface area contributed by atoms with Crippen LogP contribution in [0.15, 0.2) is 136 Å². The summed E-state index contributed by atoms with van der Waals surface area (Å²) in [5.41, 5.74) is 0.186. The van der Waals surface area contributed by atoms with Gasteiger partial charge in [0, 0.05) is 23.9 Å². The minimum Gasteiger partial charge on any atom is -0.322 e. The van der Waals surface area contributed by atoms with Gasteiger partial charge in [-0.15, -0.1) is 0 Å². The summed E-state index contributed by atoms with van der Waals surface area (Å²) in [5.74, 6) is -2.82. The lowest BCUT2D eigenvalue weighted by atomic mass is 10.1. The SMILES string of the molecule is Cc1c(NC(=O)c2cccc(NC(=O)c3cc(NS(=O)(=O)c4ccc(F)cc4)cc(NS(=O)(=O)c4ccc(F)cc4)c3)c2)c(=O)n(-c2ccccc2)n1C. The Balaban J connectivity index is 1.28. The van der Waals surface area contributed by atoms with Gasteiger partial charge >= 0.3 is 0 Å². The van der Waals surface area contributed by atoms with E-state index in [9.17, 15) is 40.0 Å². The fourth-order valence-corrected chi connectivity index (χ4v) is 7.45. The molecule has 1 aromatic heterocycles. The lowest BCUT2D eigenvalue weighted by Gasteiger charge is -2.14. The summed E-state index contributed by atoms with van der Waals surface area (Å²) in [6.07, 6.45) is 0. The Hall–Kier alpha value is -6.59. The van der Waals surface area contributed by atoms with Gasteiger partial charge in [0.2, 0.25) is 0 Å². The van der Waals surface area contributed by atoms with Crippen molar-refractivity contribution in [3.63, 3.8) is 0 Å². The minimum absolute atomic E-state index is 0.0521. The number of carbonyl (C=O) groups excluding carboxylic acids is 2. The number of amides is 2. The largest absolute Gasteiger partial charge is 0.322 e. The molecule has 6 aromatic rings. The lowest BCUT2D eigenvalue weighted by Crippen LogP contribution is -2.23. The highest BCUT2D eigenvalue weighted by Crippen LogP contribution is 2.26. The van der Waals surface area contributed by atoms with E-state index < -0.39 is 49.1 Å². The lowest BCUT2D eigenvalue weighted by molar-refractivity contribution is 0.101. The van der Waals surface area contributed by atoms with Crippen molar-refractivity contribution >= 4 is 54.6 Å². The highest BCUT2D eigenvalue weighted by Gasteiger charge is 2.22. The van der Waals surface area contributed by atoms with Crippen LogP contribution in [0.25, 0.3) is 5.69 Å². The molecule has 276 valence electrons. The molecule has 0 bridgehead atoms. The Morgan fingerprint density at radius 2 is 1.09 bits per heavy atom. The van der Waals surface area contributed by atoms with Gasteiger partial charge in [0.05, 0.1) is 32.5 Å². The van der Waals surface area contributed by atoms with Crippen LogP contribution in [0.4, 0.5) is 31.5 Å². The van der Waals surface area contributed by atoms with Crippen LogP contribution in [0.1, 0.15) is 26.4 Å². The highest BCUT2D eigenvalue weighted by atomic mass is 32.2. The number of carbonyl (C=O) groups is 2. The topological polar surface area (TPSA) is 177 Å². The van der Waals surface area contributed by atoms with Gasteiger partial charge in [0.25, 0.3) is 37.4 Å². The average Bonchev–Trinajstić information content (AvgIpc) is 3.34. The molecule has 1 heterocycles. The van der Waals surface area contributed by atoms with Gasteiger partial charge in [0.15, 0.2) is 0 Å². The predicted molar refractivity (Wildman–Crippen MR) is 199 cm³/mol. The second-order valence-electron chi connectivity index (χ2n) is 11.8. The maximum absolute atomic E-state index is 13.6. The molecule has 0 saturated heterocycles. The van der Waals surface area contributed by atoms with E-state index in [-0.39, 0.29) is 43.7 Å². The summed E-state index contributed by atoms with van der Waals surface area (Å²) in [6.45, 7) is 1.68. The first-order chi connectivity index (χ1) is 25.6. The van der Waals surface area contributed by atoms with Crippen LogP contribution in [-0.2, 0) is 27.1 Å². The molecule has 0 spiro atoms. The van der Waals surface area contributed by atoms with E-state index in [4.69, 9.17) is 0 Å². The zero-order valence-corrected chi connectivity index (χ0v) is 30.0. The molecule has 4 N–H and O–H groups in total. The zero-order valence-electron chi connectivity index (χ0n) is 28.4. The van der Waals surface area contributed by atoms with E-state index in [1.54, 1.807) is 42.9 Å². The summed E-state index contributed by atoms with van der Waals surface area (Å²) >= 11 is 0. The fraction of sp³-hybridized carbons (Fsp3) is 0.0541. The number of hydrogen-bond donors (Lipinski definition) is 4. The third-order valence-electron chi connectivity index (χ3n) is 8.12. The van der Waals surface area contributed by atoms with Gasteiger partial charge in [0.1, 0.15) is 17.3 Å². The van der Waals surface area contributed by atoms with Crippen molar-refractivity contribution in [1.82, 2.24) is 9.36 Å². The summed E-state index contributed by atoms with van der Waals surface area (Å²) in [4.78, 5) is 39.7. The van der Waals surface area contributed by atoms with E-state index in [1.165, 1.54) is 28.9 Å². The maximum atomic E-state index is 13.6. The van der Waals surface area contributed by atoms with Crippen LogP contribution < -0.4 is 25.6 Å². The molecule has 54 heavy (non-hydrogen) atoms. The van der Waals surface area contributed by atoms with Gasteiger partial charge in [-0.3, -0.25) is 28.5 Å². The molecular formula is C37H30F2N6O7S2. The van der Waals surface area contributed by atoms with Crippen LogP contribution in [-0.4, -0.2) is 38.0 Å². The number of halogens is 2. The Morgan fingerprint density at radius 1 is 0.593 bits per heavy atom. The van der Waals surface area contributed by atoms with Crippen LogP contribution in [0, 0.1) is 18.6 Å². The molecule has 0 aliphatic carbocycles. The first-order valence-electron chi connectivity index (χ1n) is 15.9. The molecule has 0 saturated carbocycles. The third kappa shape index (κ3) is 8.06. The van der Waals surface area contributed by atoms with Crippen molar-refractivity contribution in [2.45, 2.75) is 16.7 Å². The summed E-state index contributed by atoms with van der Waals surface area (Å²) in [6, 6.07) is 25.9. The first-order valence-corrected chi connectivity index (χ1v) is 18.9. The summed E-state index contributed by atoms with van der Waals surface area (Å²) < 4.78 is 87.0. The van der Waals surface area contributed by atoms with E-state index in [0.717, 1.165) is 66.7 Å². The van der Waals surface area contributed by atoms with Gasteiger partial charge in [-0.25, -0.2) is 30.3 Å². The molecule has 5 aromatic carbocycles. The van der Waals surface area contributed by atoms with Crippen LogP contribution >= 0.6 is 0 Å². The number of nitrogens with zero attached hydrogens (tertiary/aromatic N) is 2. The first kappa shape index (κ1) is 37.2. The Morgan fingerprint density at radius 3 is 1.63 bits per heavy atom. The number of sulfonamides is 2. The number of aromatic nitrogens is 2. The molecule has 17 heteroatoms. The van der Waals surface area contributed by atoms with Crippen LogP contribution in [0.5, 0.6) is 0 Å². The molecule has 0 radical (unpaired) electrons. The summed E-state index contributed by atoms with van der Waals surface area (Å²) in [7, 11) is -7.02. The molecule has 0 atom stereocenters. The standard InChI is InChI=1S/C37H30F2N6O7S2/c1-23-34(37(48)45(44(23)2)31-9-4-3-5-10-31)41-35(46)24-7-6-8-28(19-24)40-36(47)25-20-29(42-53(49,50)32-15-11-26(38)12-16-32)22-30(21-25)43-54(51,52)33-17-13-27(39)14-18-33/h3-22,42-43H,1-2H3,(H,40,47)(H,41,46). The smallest absolute Gasteiger partial charge is 0.295 e. The number of hydrogen-bond acceptors (Lipinski definition) is 7. The Labute approximate surface area is 308 Å². The van der Waals surface area contributed by atoms with Gasteiger partial charge in [-0.1, -0.05) is 24.3 Å². The maximum Gasteiger partial charge on any atom is 0.295 e. The molecular weight excluding hydrogens is 743 g/mol. The van der Waals surface area contributed by atoms with Crippen molar-refractivity contribution in [2.24, 2.45) is 7.05 Å². The number of rotatable bonds is 11. The number of para-hydroxylation sites is 1. The minimum atomic E-state index is -4.35. The highest BCUT2D eigenvalue weighted by molar-refractivity contribution is 7.93. The van der Waals surface area contributed by atoms with Gasteiger partial charge in [-0.05, 0) is 104 Å². The number of anilines is 4. The second-order valence-corrected chi connectivity index (χ2v) is 15.2. The molecule has 13 nitrogen and oxygen atoms in total. The predicted octanol–water partition coefficient (Wildman–Crippen LogP) is 5.87. The van der Waals surface area contributed by atoms with Crippen molar-refractivity contribution in [2.75, 3.05) is 20.1 Å². The monoisotopic (exact) mass is 772 g/mol. The van der Waals surface area contributed by atoms with Crippen molar-refractivity contribution in [3.05, 3.63) is 160 Å². The van der Waals surface area contributed by atoms with Gasteiger partial charge < -0.3 is 10.6 Å². The number of nitrogens with one attached hydrogen (secondary N) is 4. The molecule has 0 fully saturated rings. The quantitative estimate of drug-likeness (QED) is 0.127. The molecule has 0 aliphatic rings. The molecule has 0 aliphatic heterocycles. The molecule has 6 rings (SSSR count). The van der Waals surface area contributed by atoms with Crippen molar-refractivity contribution in [1.29, 1.82) is 0 Å². The van der Waals surface area contributed by atoms with E-state index in [0.29, 0.717) is 11.4 Å². The van der Waals surface area contributed by atoms with Crippen molar-refractivity contribution in [3.8, 4) is 5.69 Å². The Kier molecular flexibility index (Phi) is 10.2. The third-order valence-corrected chi connectivity index (χ3v) is 10.9. The van der Waals surface area contributed by atoms with Crippen LogP contribution in [0.3, 0.4) is 0 Å². The van der Waals surface area contributed by atoms with Crippen molar-refractivity contribution < 1.29 is 35.2 Å². The zero-order chi connectivity index (χ0) is 38.8. The molecule has 2 amide bonds. The van der Waals surface area contributed by atoms with E-state index >= 15 is 0 Å². The fourth-order valence-electron chi connectivity index (χ4n) is 5.37. The van der Waals surface area contributed by atoms with E-state index in [1.807, 2.05) is 6.07 Å². The number of benzene rings is 5. The normalized spacial score (nSPS) is 11.5.